The Morgan fingerprint density at radius 1 is 1.17 bits per heavy atom. The summed E-state index contributed by atoms with van der Waals surface area (Å²) in [5, 5.41) is 11.7. The van der Waals surface area contributed by atoms with Crippen molar-refractivity contribution in [3.63, 3.8) is 0 Å². The summed E-state index contributed by atoms with van der Waals surface area (Å²) in [5.41, 5.74) is 0.569. The van der Waals surface area contributed by atoms with E-state index in [4.69, 9.17) is 0 Å². The van der Waals surface area contributed by atoms with Crippen LogP contribution < -0.4 is 5.32 Å². The zero-order chi connectivity index (χ0) is 16.8. The summed E-state index contributed by atoms with van der Waals surface area (Å²) < 4.78 is 18.4. The molecule has 120 valence electrons. The summed E-state index contributed by atoms with van der Waals surface area (Å²) in [4.78, 5) is 24.0. The number of carbonyl (C=O) groups is 2. The molecule has 0 heterocycles. The Hall–Kier alpha value is -2.89. The van der Waals surface area contributed by atoms with Gasteiger partial charge in [-0.25, -0.2) is 9.18 Å². The van der Waals surface area contributed by atoms with E-state index < -0.39 is 23.7 Å². The van der Waals surface area contributed by atoms with Crippen molar-refractivity contribution in [3.05, 3.63) is 65.5 Å². The van der Waals surface area contributed by atoms with Gasteiger partial charge in [0, 0.05) is 12.0 Å². The second-order valence-corrected chi connectivity index (χ2v) is 4.89. The van der Waals surface area contributed by atoms with E-state index in [0.717, 1.165) is 0 Å². The fourth-order valence-corrected chi connectivity index (χ4v) is 2.07. The van der Waals surface area contributed by atoms with Crippen molar-refractivity contribution < 1.29 is 23.8 Å². The number of aromatic hydroxyl groups is 1. The lowest BCUT2D eigenvalue weighted by Crippen LogP contribution is -2.43. The van der Waals surface area contributed by atoms with Crippen LogP contribution in [0, 0.1) is 5.82 Å². The standard InChI is InChI=1S/C17H16FNO4/c1-23-17(22)15(10-12-4-2-3-5-14(12)18)19-16(21)11-6-8-13(20)9-7-11/h2-9,15,20H,10H2,1H3,(H,19,21)/t15-/m1/s1. The largest absolute Gasteiger partial charge is 0.508 e. The maximum absolute atomic E-state index is 13.7. The highest BCUT2D eigenvalue weighted by Gasteiger charge is 2.23. The van der Waals surface area contributed by atoms with Crippen molar-refractivity contribution in [2.45, 2.75) is 12.5 Å². The van der Waals surface area contributed by atoms with Crippen molar-refractivity contribution in [2.24, 2.45) is 0 Å². The van der Waals surface area contributed by atoms with Gasteiger partial charge in [0.25, 0.3) is 5.91 Å². The predicted molar refractivity (Wildman–Crippen MR) is 81.5 cm³/mol. The zero-order valence-corrected chi connectivity index (χ0v) is 12.5. The first-order chi connectivity index (χ1) is 11.0. The molecular weight excluding hydrogens is 301 g/mol. The molecular formula is C17H16FNO4. The molecule has 0 aromatic heterocycles. The van der Waals surface area contributed by atoms with Crippen LogP contribution in [0.4, 0.5) is 4.39 Å². The monoisotopic (exact) mass is 317 g/mol. The normalized spacial score (nSPS) is 11.6. The van der Waals surface area contributed by atoms with Crippen molar-refractivity contribution in [1.82, 2.24) is 5.32 Å². The minimum atomic E-state index is -1.02. The number of methoxy groups -OCH3 is 1. The van der Waals surface area contributed by atoms with Crippen LogP contribution in [0.1, 0.15) is 15.9 Å². The highest BCUT2D eigenvalue weighted by Crippen LogP contribution is 2.12. The number of nitrogens with one attached hydrogen (secondary N) is 1. The molecule has 0 fully saturated rings. The lowest BCUT2D eigenvalue weighted by atomic mass is 10.0. The summed E-state index contributed by atoms with van der Waals surface area (Å²) in [7, 11) is 1.20. The van der Waals surface area contributed by atoms with Crippen LogP contribution in [-0.4, -0.2) is 30.1 Å². The van der Waals surface area contributed by atoms with Gasteiger partial charge in [-0.1, -0.05) is 18.2 Å². The Labute approximate surface area is 132 Å². The fraction of sp³-hybridized carbons (Fsp3) is 0.176. The average Bonchev–Trinajstić information content (AvgIpc) is 2.56. The van der Waals surface area contributed by atoms with E-state index in [9.17, 15) is 19.1 Å². The number of phenolic OH excluding ortho intramolecular Hbond substituents is 1. The third kappa shape index (κ3) is 4.29. The second kappa shape index (κ2) is 7.40. The van der Waals surface area contributed by atoms with Gasteiger partial charge in [-0.3, -0.25) is 4.79 Å². The molecule has 0 bridgehead atoms. The van der Waals surface area contributed by atoms with Crippen LogP contribution in [0.5, 0.6) is 5.75 Å². The number of phenols is 1. The van der Waals surface area contributed by atoms with Crippen LogP contribution in [0.2, 0.25) is 0 Å². The van der Waals surface area contributed by atoms with Crippen molar-refractivity contribution in [1.29, 1.82) is 0 Å². The lowest BCUT2D eigenvalue weighted by Gasteiger charge is -2.17. The smallest absolute Gasteiger partial charge is 0.328 e. The van der Waals surface area contributed by atoms with Gasteiger partial charge in [-0.05, 0) is 35.9 Å². The quantitative estimate of drug-likeness (QED) is 0.828. The highest BCUT2D eigenvalue weighted by atomic mass is 19.1. The summed E-state index contributed by atoms with van der Waals surface area (Å²) in [6, 6.07) is 10.6. The molecule has 0 spiro atoms. The van der Waals surface area contributed by atoms with E-state index >= 15 is 0 Å². The molecule has 2 aromatic rings. The van der Waals surface area contributed by atoms with Crippen LogP contribution in [-0.2, 0) is 16.0 Å². The van der Waals surface area contributed by atoms with Crippen LogP contribution in [0.3, 0.4) is 0 Å². The van der Waals surface area contributed by atoms with Crippen LogP contribution >= 0.6 is 0 Å². The Balaban J connectivity index is 2.16. The van der Waals surface area contributed by atoms with Crippen LogP contribution in [0.15, 0.2) is 48.5 Å². The number of benzene rings is 2. The Bertz CT molecular complexity index is 700. The number of rotatable bonds is 5. The summed E-state index contributed by atoms with van der Waals surface area (Å²) >= 11 is 0. The van der Waals surface area contributed by atoms with E-state index in [1.54, 1.807) is 12.1 Å². The van der Waals surface area contributed by atoms with Gasteiger partial charge in [0.15, 0.2) is 0 Å². The topological polar surface area (TPSA) is 75.6 Å². The molecule has 0 aliphatic rings. The second-order valence-electron chi connectivity index (χ2n) is 4.89. The minimum Gasteiger partial charge on any atom is -0.508 e. The number of ether oxygens (including phenoxy) is 1. The van der Waals surface area contributed by atoms with E-state index in [-0.39, 0.29) is 17.7 Å². The predicted octanol–water partition coefficient (Wildman–Crippen LogP) is 2.05. The average molecular weight is 317 g/mol. The number of halogens is 1. The zero-order valence-electron chi connectivity index (χ0n) is 12.5. The molecule has 0 radical (unpaired) electrons. The van der Waals surface area contributed by atoms with Gasteiger partial charge in [0.05, 0.1) is 7.11 Å². The van der Waals surface area contributed by atoms with Crippen molar-refractivity contribution >= 4 is 11.9 Å². The number of hydrogen-bond acceptors (Lipinski definition) is 4. The number of amides is 1. The Kier molecular flexibility index (Phi) is 5.30. The molecule has 0 aliphatic heterocycles. The fourth-order valence-electron chi connectivity index (χ4n) is 2.07. The molecule has 0 aliphatic carbocycles. The Morgan fingerprint density at radius 3 is 2.43 bits per heavy atom. The highest BCUT2D eigenvalue weighted by molar-refractivity contribution is 5.96. The maximum Gasteiger partial charge on any atom is 0.328 e. The number of esters is 1. The lowest BCUT2D eigenvalue weighted by molar-refractivity contribution is -0.142. The number of hydrogen-bond donors (Lipinski definition) is 2. The Morgan fingerprint density at radius 2 is 1.83 bits per heavy atom. The molecule has 5 nitrogen and oxygen atoms in total. The molecule has 1 atom stereocenters. The van der Waals surface area contributed by atoms with E-state index in [1.165, 1.54) is 43.5 Å². The summed E-state index contributed by atoms with van der Waals surface area (Å²) in [5.74, 6) is -1.62. The summed E-state index contributed by atoms with van der Waals surface area (Å²) in [6.45, 7) is 0. The van der Waals surface area contributed by atoms with E-state index in [0.29, 0.717) is 5.56 Å². The van der Waals surface area contributed by atoms with Gasteiger partial charge >= 0.3 is 5.97 Å². The van der Waals surface area contributed by atoms with E-state index in [2.05, 4.69) is 10.1 Å². The van der Waals surface area contributed by atoms with Gasteiger partial charge in [0.1, 0.15) is 17.6 Å². The van der Waals surface area contributed by atoms with Gasteiger partial charge in [0.2, 0.25) is 0 Å². The van der Waals surface area contributed by atoms with E-state index in [1.807, 2.05) is 0 Å². The maximum atomic E-state index is 13.7. The molecule has 0 saturated heterocycles. The first kappa shape index (κ1) is 16.5. The van der Waals surface area contributed by atoms with Crippen molar-refractivity contribution in [2.75, 3.05) is 7.11 Å². The molecule has 1 amide bonds. The van der Waals surface area contributed by atoms with Gasteiger partial charge in [-0.15, -0.1) is 0 Å². The van der Waals surface area contributed by atoms with Crippen LogP contribution in [0.25, 0.3) is 0 Å². The first-order valence-corrected chi connectivity index (χ1v) is 6.92. The third-order valence-electron chi connectivity index (χ3n) is 3.30. The molecule has 2 rings (SSSR count). The molecule has 23 heavy (non-hydrogen) atoms. The molecule has 2 N–H and O–H groups in total. The third-order valence-corrected chi connectivity index (χ3v) is 3.30. The minimum absolute atomic E-state index is 0.0246. The molecule has 6 heteroatoms. The number of carbonyl (C=O) groups excluding carboxylic acids is 2. The molecule has 0 unspecified atom stereocenters. The molecule has 0 saturated carbocycles. The summed E-state index contributed by atoms with van der Waals surface area (Å²) in [6.07, 6.45) is -0.0246. The van der Waals surface area contributed by atoms with Gasteiger partial charge in [-0.2, -0.15) is 0 Å². The first-order valence-electron chi connectivity index (χ1n) is 6.92. The SMILES string of the molecule is COC(=O)[C@@H](Cc1ccccc1F)NC(=O)c1ccc(O)cc1. The van der Waals surface area contributed by atoms with Gasteiger partial charge < -0.3 is 15.2 Å². The van der Waals surface area contributed by atoms with Crippen molar-refractivity contribution in [3.8, 4) is 5.75 Å². The molecule has 2 aromatic carbocycles.